The summed E-state index contributed by atoms with van der Waals surface area (Å²) in [5.41, 5.74) is 1.63. The number of hydrogen-bond donors (Lipinski definition) is 2. The van der Waals surface area contributed by atoms with Crippen molar-refractivity contribution in [2.75, 3.05) is 19.7 Å². The fourth-order valence-electron chi connectivity index (χ4n) is 2.63. The molecule has 0 bridgehead atoms. The molecule has 2 amide bonds. The molecule has 1 aliphatic heterocycles. The minimum Gasteiger partial charge on any atom is -0.484 e. The molecule has 6 heteroatoms. The Morgan fingerprint density at radius 3 is 2.75 bits per heavy atom. The molecule has 2 aromatic rings. The zero-order chi connectivity index (χ0) is 16.9. The van der Waals surface area contributed by atoms with Crippen molar-refractivity contribution in [2.24, 2.45) is 0 Å². The second kappa shape index (κ2) is 7.36. The number of carbonyl (C=O) groups is 2. The molecule has 0 radical (unpaired) electrons. The summed E-state index contributed by atoms with van der Waals surface area (Å²) in [6.07, 6.45) is 0. The molecule has 0 saturated carbocycles. The Morgan fingerprint density at radius 2 is 1.96 bits per heavy atom. The Balaban J connectivity index is 1.52. The molecule has 5 nitrogen and oxygen atoms in total. The van der Waals surface area contributed by atoms with Crippen LogP contribution in [0, 0.1) is 0 Å². The number of hydrogen-bond acceptors (Lipinski definition) is 3. The molecule has 0 spiro atoms. The number of halogens is 1. The minimum absolute atomic E-state index is 0.0541. The van der Waals surface area contributed by atoms with Gasteiger partial charge in [0.25, 0.3) is 11.8 Å². The zero-order valence-electron chi connectivity index (χ0n) is 12.9. The minimum atomic E-state index is -0.209. The van der Waals surface area contributed by atoms with Crippen LogP contribution >= 0.6 is 11.6 Å². The lowest BCUT2D eigenvalue weighted by Gasteiger charge is -2.25. The normalized spacial score (nSPS) is 16.0. The van der Waals surface area contributed by atoms with E-state index in [1.54, 1.807) is 30.3 Å². The highest BCUT2D eigenvalue weighted by Gasteiger charge is 2.24. The Hall–Kier alpha value is -2.53. The van der Waals surface area contributed by atoms with Crippen molar-refractivity contribution in [3.8, 4) is 5.75 Å². The van der Waals surface area contributed by atoms with Crippen LogP contribution in [-0.2, 0) is 4.79 Å². The molecular formula is C18H17ClN2O3. The first-order chi connectivity index (χ1) is 11.6. The van der Waals surface area contributed by atoms with Crippen molar-refractivity contribution >= 4 is 23.4 Å². The van der Waals surface area contributed by atoms with E-state index in [4.69, 9.17) is 16.3 Å². The Kier molecular flexibility index (Phi) is 5.01. The summed E-state index contributed by atoms with van der Waals surface area (Å²) in [5.74, 6) is 0.363. The second-order valence-electron chi connectivity index (χ2n) is 5.54. The lowest BCUT2D eigenvalue weighted by Crippen LogP contribution is -2.41. The average molecular weight is 345 g/mol. The van der Waals surface area contributed by atoms with Crippen LogP contribution in [0.25, 0.3) is 0 Å². The fourth-order valence-corrected chi connectivity index (χ4v) is 2.76. The number of benzene rings is 2. The van der Waals surface area contributed by atoms with Crippen LogP contribution in [0.2, 0.25) is 5.02 Å². The van der Waals surface area contributed by atoms with E-state index in [1.807, 2.05) is 18.2 Å². The van der Waals surface area contributed by atoms with E-state index >= 15 is 0 Å². The van der Waals surface area contributed by atoms with E-state index in [1.165, 1.54) is 0 Å². The molecule has 1 atom stereocenters. The third kappa shape index (κ3) is 3.86. The van der Waals surface area contributed by atoms with Gasteiger partial charge in [-0.1, -0.05) is 29.8 Å². The van der Waals surface area contributed by atoms with E-state index in [9.17, 15) is 9.59 Å². The number of ether oxygens (including phenoxy) is 1. The molecule has 0 saturated heterocycles. The van der Waals surface area contributed by atoms with Gasteiger partial charge in [-0.2, -0.15) is 0 Å². The summed E-state index contributed by atoms with van der Waals surface area (Å²) in [6.45, 7) is 0.886. The monoisotopic (exact) mass is 344 g/mol. The quantitative estimate of drug-likeness (QED) is 0.875. The number of carbonyl (C=O) groups excluding carboxylic acids is 2. The van der Waals surface area contributed by atoms with E-state index in [2.05, 4.69) is 10.6 Å². The largest absolute Gasteiger partial charge is 0.484 e. The third-order valence-corrected chi connectivity index (χ3v) is 4.14. The van der Waals surface area contributed by atoms with Gasteiger partial charge in [-0.05, 0) is 35.9 Å². The van der Waals surface area contributed by atoms with E-state index in [-0.39, 0.29) is 24.3 Å². The van der Waals surface area contributed by atoms with Gasteiger partial charge >= 0.3 is 0 Å². The summed E-state index contributed by atoms with van der Waals surface area (Å²) in [4.78, 5) is 23.8. The van der Waals surface area contributed by atoms with Gasteiger partial charge in [0, 0.05) is 29.6 Å². The van der Waals surface area contributed by atoms with Gasteiger partial charge in [-0.25, -0.2) is 0 Å². The summed E-state index contributed by atoms with van der Waals surface area (Å²) in [7, 11) is 0. The molecule has 2 aromatic carbocycles. The predicted molar refractivity (Wildman–Crippen MR) is 91.5 cm³/mol. The van der Waals surface area contributed by atoms with E-state index < -0.39 is 0 Å². The first kappa shape index (κ1) is 16.3. The number of nitrogens with one attached hydrogen (secondary N) is 2. The van der Waals surface area contributed by atoms with Crippen LogP contribution < -0.4 is 15.4 Å². The van der Waals surface area contributed by atoms with Crippen molar-refractivity contribution < 1.29 is 14.3 Å². The topological polar surface area (TPSA) is 67.4 Å². The lowest BCUT2D eigenvalue weighted by atomic mass is 9.90. The average Bonchev–Trinajstić information content (AvgIpc) is 2.61. The highest BCUT2D eigenvalue weighted by Crippen LogP contribution is 2.23. The molecule has 0 aromatic heterocycles. The molecule has 124 valence electrons. The highest BCUT2D eigenvalue weighted by molar-refractivity contribution is 6.30. The van der Waals surface area contributed by atoms with Crippen LogP contribution in [0.1, 0.15) is 21.8 Å². The lowest BCUT2D eigenvalue weighted by molar-refractivity contribution is -0.123. The van der Waals surface area contributed by atoms with Gasteiger partial charge in [0.1, 0.15) is 5.75 Å². The van der Waals surface area contributed by atoms with E-state index in [0.717, 1.165) is 5.56 Å². The molecule has 1 heterocycles. The smallest absolute Gasteiger partial charge is 0.257 e. The third-order valence-electron chi connectivity index (χ3n) is 3.88. The SMILES string of the molecule is O=C(COc1ccc(Cl)cc1)NCC1CNC(=O)c2ccccc21. The van der Waals surface area contributed by atoms with Gasteiger partial charge in [0.05, 0.1) is 0 Å². The van der Waals surface area contributed by atoms with E-state index in [0.29, 0.717) is 29.4 Å². The second-order valence-corrected chi connectivity index (χ2v) is 5.98. The van der Waals surface area contributed by atoms with Gasteiger partial charge in [-0.3, -0.25) is 9.59 Å². The standard InChI is InChI=1S/C18H17ClN2O3/c19-13-5-7-14(8-6-13)24-11-17(22)20-9-12-10-21-18(23)16-4-2-1-3-15(12)16/h1-8,12H,9-11H2,(H,20,22)(H,21,23). The maximum Gasteiger partial charge on any atom is 0.257 e. The molecule has 0 aliphatic carbocycles. The predicted octanol–water partition coefficient (Wildman–Crippen LogP) is 2.36. The van der Waals surface area contributed by atoms with Gasteiger partial charge < -0.3 is 15.4 Å². The molecule has 3 rings (SSSR count). The molecule has 0 fully saturated rings. The van der Waals surface area contributed by atoms with Crippen LogP contribution in [0.15, 0.2) is 48.5 Å². The molecule has 2 N–H and O–H groups in total. The maximum atomic E-state index is 12.0. The molecular weight excluding hydrogens is 328 g/mol. The maximum absolute atomic E-state index is 12.0. The van der Waals surface area contributed by atoms with Crippen LogP contribution in [0.5, 0.6) is 5.75 Å². The fraction of sp³-hybridized carbons (Fsp3) is 0.222. The highest BCUT2D eigenvalue weighted by atomic mass is 35.5. The van der Waals surface area contributed by atoms with Crippen molar-refractivity contribution in [2.45, 2.75) is 5.92 Å². The van der Waals surface area contributed by atoms with Gasteiger partial charge in [0.15, 0.2) is 6.61 Å². The summed E-state index contributed by atoms with van der Waals surface area (Å²) < 4.78 is 5.41. The summed E-state index contributed by atoms with van der Waals surface area (Å²) in [6, 6.07) is 14.3. The Labute approximate surface area is 145 Å². The van der Waals surface area contributed by atoms with Gasteiger partial charge in [0.2, 0.25) is 0 Å². The number of amides is 2. The molecule has 1 unspecified atom stereocenters. The summed E-state index contributed by atoms with van der Waals surface area (Å²) in [5, 5.41) is 6.31. The first-order valence-corrected chi connectivity index (χ1v) is 8.03. The van der Waals surface area contributed by atoms with Crippen LogP contribution in [-0.4, -0.2) is 31.5 Å². The number of rotatable bonds is 5. The van der Waals surface area contributed by atoms with Crippen LogP contribution in [0.4, 0.5) is 0 Å². The molecule has 1 aliphatic rings. The number of fused-ring (bicyclic) bond motifs is 1. The first-order valence-electron chi connectivity index (χ1n) is 7.65. The zero-order valence-corrected chi connectivity index (χ0v) is 13.7. The van der Waals surface area contributed by atoms with Crippen molar-refractivity contribution in [1.82, 2.24) is 10.6 Å². The van der Waals surface area contributed by atoms with Crippen molar-refractivity contribution in [1.29, 1.82) is 0 Å². The van der Waals surface area contributed by atoms with Gasteiger partial charge in [-0.15, -0.1) is 0 Å². The molecule has 24 heavy (non-hydrogen) atoms. The van der Waals surface area contributed by atoms with Crippen molar-refractivity contribution in [3.63, 3.8) is 0 Å². The Morgan fingerprint density at radius 1 is 1.21 bits per heavy atom. The van der Waals surface area contributed by atoms with Crippen LogP contribution in [0.3, 0.4) is 0 Å². The summed E-state index contributed by atoms with van der Waals surface area (Å²) >= 11 is 5.80. The van der Waals surface area contributed by atoms with Crippen molar-refractivity contribution in [3.05, 3.63) is 64.7 Å². The Bertz CT molecular complexity index is 746.